The fraction of sp³-hybridized carbons (Fsp3) is 0.182. The van der Waals surface area contributed by atoms with Crippen molar-refractivity contribution in [2.45, 2.75) is 13.8 Å². The van der Waals surface area contributed by atoms with Crippen molar-refractivity contribution in [3.63, 3.8) is 0 Å². The number of nitrogens with zero attached hydrogens (tertiary/aromatic N) is 4. The van der Waals surface area contributed by atoms with Crippen LogP contribution in [0.5, 0.6) is 0 Å². The van der Waals surface area contributed by atoms with Gasteiger partial charge in [-0.2, -0.15) is 5.10 Å². The quantitative estimate of drug-likeness (QED) is 0.235. The molecule has 0 N–H and O–H groups in total. The summed E-state index contributed by atoms with van der Waals surface area (Å²) >= 11 is 6.45. The van der Waals surface area contributed by atoms with Crippen molar-refractivity contribution in [2.24, 2.45) is 0 Å². The number of aryl methyl sites for hydroxylation is 2. The van der Waals surface area contributed by atoms with Gasteiger partial charge in [0.25, 0.3) is 0 Å². The van der Waals surface area contributed by atoms with Crippen molar-refractivity contribution in [3.8, 4) is 27.0 Å². The van der Waals surface area contributed by atoms with Crippen LogP contribution in [0.2, 0.25) is 0 Å². The Labute approximate surface area is 196 Å². The molecule has 4 aromatic rings. The van der Waals surface area contributed by atoms with Gasteiger partial charge >= 0.3 is 5.97 Å². The monoisotopic (exact) mass is 514 g/mol. The molecule has 4 rings (SSSR count). The lowest BCUT2D eigenvalue weighted by molar-refractivity contribution is 0.0571. The standard InChI is InChI=1S/C22H19BrN4O2S2/c1-13-7-6-9-15(11-13)20-24-25-21(31-20)19-17(23)18(22(28)29-12-30-3)26-27(19)16-10-5-4-8-14(16)2/h4-11H,12H2,1-3H3. The first kappa shape index (κ1) is 21.7. The molecule has 0 radical (unpaired) electrons. The summed E-state index contributed by atoms with van der Waals surface area (Å²) in [5, 5.41) is 14.9. The molecule has 158 valence electrons. The number of para-hydroxylation sites is 1. The first-order valence-electron chi connectivity index (χ1n) is 9.41. The number of ether oxygens (including phenoxy) is 1. The molecule has 0 fully saturated rings. The summed E-state index contributed by atoms with van der Waals surface area (Å²) in [4.78, 5) is 12.6. The number of hydrogen-bond acceptors (Lipinski definition) is 7. The van der Waals surface area contributed by atoms with E-state index in [9.17, 15) is 4.79 Å². The van der Waals surface area contributed by atoms with Gasteiger partial charge < -0.3 is 4.74 Å². The van der Waals surface area contributed by atoms with Crippen molar-refractivity contribution in [2.75, 3.05) is 12.2 Å². The van der Waals surface area contributed by atoms with E-state index in [1.54, 1.807) is 4.68 Å². The molecule has 0 spiro atoms. The van der Waals surface area contributed by atoms with E-state index in [-0.39, 0.29) is 11.6 Å². The average Bonchev–Trinajstić information content (AvgIpc) is 3.37. The number of benzene rings is 2. The van der Waals surface area contributed by atoms with Crippen LogP contribution in [0, 0.1) is 13.8 Å². The molecule has 0 amide bonds. The molecular formula is C22H19BrN4O2S2. The maximum Gasteiger partial charge on any atom is 0.360 e. The first-order valence-corrected chi connectivity index (χ1v) is 12.4. The number of thioether (sulfide) groups is 1. The molecule has 2 aromatic heterocycles. The van der Waals surface area contributed by atoms with Gasteiger partial charge in [-0.25, -0.2) is 9.48 Å². The Morgan fingerprint density at radius 3 is 2.65 bits per heavy atom. The lowest BCUT2D eigenvalue weighted by Gasteiger charge is -2.08. The van der Waals surface area contributed by atoms with Crippen LogP contribution >= 0.6 is 39.0 Å². The maximum atomic E-state index is 12.6. The highest BCUT2D eigenvalue weighted by molar-refractivity contribution is 9.10. The Balaban J connectivity index is 1.86. The second-order valence-electron chi connectivity index (χ2n) is 6.83. The highest BCUT2D eigenvalue weighted by Crippen LogP contribution is 2.38. The molecule has 0 aliphatic heterocycles. The summed E-state index contributed by atoms with van der Waals surface area (Å²) in [6.07, 6.45) is 1.87. The first-order chi connectivity index (χ1) is 15.0. The zero-order chi connectivity index (χ0) is 22.0. The molecule has 6 nitrogen and oxygen atoms in total. The third-order valence-corrected chi connectivity index (χ3v) is 6.65. The van der Waals surface area contributed by atoms with Gasteiger partial charge in [0, 0.05) is 5.56 Å². The Kier molecular flexibility index (Phi) is 6.54. The van der Waals surface area contributed by atoms with Gasteiger partial charge in [-0.15, -0.1) is 22.0 Å². The lowest BCUT2D eigenvalue weighted by atomic mass is 10.1. The number of carbonyl (C=O) groups is 1. The second-order valence-corrected chi connectivity index (χ2v) is 9.41. The topological polar surface area (TPSA) is 69.9 Å². The van der Waals surface area contributed by atoms with Gasteiger partial charge in [0.05, 0.1) is 10.2 Å². The SMILES string of the molecule is CSCOC(=O)c1nn(-c2ccccc2C)c(-c2nnc(-c3cccc(C)c3)s2)c1Br. The summed E-state index contributed by atoms with van der Waals surface area (Å²) in [5.74, 6) is -0.230. The van der Waals surface area contributed by atoms with Crippen molar-refractivity contribution < 1.29 is 9.53 Å². The lowest BCUT2D eigenvalue weighted by Crippen LogP contribution is -2.07. The van der Waals surface area contributed by atoms with Crippen molar-refractivity contribution >= 4 is 45.0 Å². The van der Waals surface area contributed by atoms with E-state index in [4.69, 9.17) is 4.74 Å². The Bertz CT molecular complexity index is 1250. The number of aromatic nitrogens is 4. The maximum absolute atomic E-state index is 12.6. The van der Waals surface area contributed by atoms with E-state index in [1.807, 2.05) is 62.6 Å². The fourth-order valence-electron chi connectivity index (χ4n) is 3.08. The van der Waals surface area contributed by atoms with E-state index >= 15 is 0 Å². The number of rotatable bonds is 6. The molecule has 31 heavy (non-hydrogen) atoms. The van der Waals surface area contributed by atoms with Crippen LogP contribution < -0.4 is 0 Å². The molecule has 0 unspecified atom stereocenters. The predicted molar refractivity (Wildman–Crippen MR) is 129 cm³/mol. The van der Waals surface area contributed by atoms with Gasteiger partial charge in [-0.1, -0.05) is 53.3 Å². The molecule has 0 saturated heterocycles. The van der Waals surface area contributed by atoms with Crippen LogP contribution in [0.25, 0.3) is 27.0 Å². The summed E-state index contributed by atoms with van der Waals surface area (Å²) in [6, 6.07) is 16.0. The number of halogens is 1. The Hall–Kier alpha value is -2.49. The molecule has 2 heterocycles. The van der Waals surface area contributed by atoms with Gasteiger partial charge in [0.2, 0.25) is 0 Å². The molecule has 0 atom stereocenters. The number of esters is 1. The minimum absolute atomic E-state index is 0.208. The van der Waals surface area contributed by atoms with E-state index < -0.39 is 5.97 Å². The van der Waals surface area contributed by atoms with Crippen LogP contribution in [0.15, 0.2) is 53.0 Å². The zero-order valence-electron chi connectivity index (χ0n) is 17.1. The van der Waals surface area contributed by atoms with Gasteiger partial charge in [-0.3, -0.25) is 0 Å². The van der Waals surface area contributed by atoms with Gasteiger partial charge in [0.15, 0.2) is 10.7 Å². The summed E-state index contributed by atoms with van der Waals surface area (Å²) < 4.78 is 7.57. The molecule has 0 bridgehead atoms. The molecule has 9 heteroatoms. The third-order valence-electron chi connectivity index (χ3n) is 4.57. The molecule has 0 saturated carbocycles. The van der Waals surface area contributed by atoms with E-state index in [0.29, 0.717) is 15.2 Å². The van der Waals surface area contributed by atoms with Crippen molar-refractivity contribution in [1.29, 1.82) is 0 Å². The van der Waals surface area contributed by atoms with Crippen molar-refractivity contribution in [1.82, 2.24) is 20.0 Å². The second kappa shape index (κ2) is 9.33. The Morgan fingerprint density at radius 1 is 1.13 bits per heavy atom. The van der Waals surface area contributed by atoms with Crippen LogP contribution in [-0.2, 0) is 4.74 Å². The zero-order valence-corrected chi connectivity index (χ0v) is 20.3. The highest BCUT2D eigenvalue weighted by atomic mass is 79.9. The van der Waals surface area contributed by atoms with Gasteiger partial charge in [-0.05, 0) is 53.7 Å². The predicted octanol–water partition coefficient (Wildman–Crippen LogP) is 5.91. The Morgan fingerprint density at radius 2 is 1.90 bits per heavy atom. The molecule has 0 aliphatic rings. The largest absolute Gasteiger partial charge is 0.450 e. The molecule has 2 aromatic carbocycles. The van der Waals surface area contributed by atoms with Crippen LogP contribution in [0.1, 0.15) is 21.6 Å². The summed E-state index contributed by atoms with van der Waals surface area (Å²) in [6.45, 7) is 4.04. The van der Waals surface area contributed by atoms with Crippen LogP contribution in [0.4, 0.5) is 0 Å². The third kappa shape index (κ3) is 4.44. The van der Waals surface area contributed by atoms with E-state index in [1.165, 1.54) is 23.1 Å². The van der Waals surface area contributed by atoms with Crippen LogP contribution in [-0.4, -0.2) is 38.1 Å². The summed E-state index contributed by atoms with van der Waals surface area (Å²) in [7, 11) is 0. The minimum Gasteiger partial charge on any atom is -0.450 e. The fourth-order valence-corrected chi connectivity index (χ4v) is 4.91. The summed E-state index contributed by atoms with van der Waals surface area (Å²) in [5.41, 5.74) is 4.91. The van der Waals surface area contributed by atoms with Gasteiger partial charge in [0.1, 0.15) is 16.6 Å². The number of hydrogen-bond donors (Lipinski definition) is 0. The van der Waals surface area contributed by atoms with Crippen molar-refractivity contribution in [3.05, 3.63) is 69.8 Å². The molecular weight excluding hydrogens is 496 g/mol. The van der Waals surface area contributed by atoms with E-state index in [2.05, 4.69) is 37.3 Å². The number of carbonyl (C=O) groups excluding carboxylic acids is 1. The average molecular weight is 515 g/mol. The van der Waals surface area contributed by atoms with Crippen LogP contribution in [0.3, 0.4) is 0 Å². The normalized spacial score (nSPS) is 11.0. The van der Waals surface area contributed by atoms with E-state index in [0.717, 1.165) is 27.4 Å². The molecule has 0 aliphatic carbocycles. The highest BCUT2D eigenvalue weighted by Gasteiger charge is 2.27. The minimum atomic E-state index is -0.488. The smallest absolute Gasteiger partial charge is 0.360 e.